The second kappa shape index (κ2) is 11.0. The normalized spacial score (nSPS) is 10.3. The van der Waals surface area contributed by atoms with E-state index in [1.54, 1.807) is 7.05 Å². The van der Waals surface area contributed by atoms with E-state index in [4.69, 9.17) is 9.47 Å². The summed E-state index contributed by atoms with van der Waals surface area (Å²) in [6, 6.07) is 15.2. The first-order valence-corrected chi connectivity index (χ1v) is 10.3. The second-order valence-corrected chi connectivity index (χ2v) is 7.69. The largest absolute Gasteiger partial charge is 0.494 e. The van der Waals surface area contributed by atoms with Gasteiger partial charge in [0.05, 0.1) is 12.4 Å². The third-order valence-corrected chi connectivity index (χ3v) is 5.12. The van der Waals surface area contributed by atoms with Crippen molar-refractivity contribution in [2.75, 3.05) is 26.0 Å². The van der Waals surface area contributed by atoms with Crippen LogP contribution in [-0.2, 0) is 20.9 Å². The average Bonchev–Trinajstić information content (AvgIpc) is 2.67. The summed E-state index contributed by atoms with van der Waals surface area (Å²) in [5.74, 6) is 0.307. The third-order valence-electron chi connectivity index (χ3n) is 3.61. The maximum Gasteiger partial charge on any atom is 0.316 e. The van der Waals surface area contributed by atoms with Gasteiger partial charge in [0.25, 0.3) is 5.91 Å². The number of thioether (sulfide) groups is 1. The highest BCUT2D eigenvalue weighted by atomic mass is 79.9. The van der Waals surface area contributed by atoms with Crippen molar-refractivity contribution >= 4 is 39.6 Å². The van der Waals surface area contributed by atoms with E-state index < -0.39 is 5.97 Å². The molecule has 2 rings (SSSR count). The van der Waals surface area contributed by atoms with E-state index >= 15 is 0 Å². The summed E-state index contributed by atoms with van der Waals surface area (Å²) in [4.78, 5) is 26.5. The number of carbonyl (C=O) groups excluding carboxylic acids is 2. The second-order valence-electron chi connectivity index (χ2n) is 5.73. The molecule has 0 aromatic heterocycles. The van der Waals surface area contributed by atoms with Gasteiger partial charge in [-0.05, 0) is 48.9 Å². The van der Waals surface area contributed by atoms with Crippen molar-refractivity contribution < 1.29 is 19.1 Å². The van der Waals surface area contributed by atoms with Crippen molar-refractivity contribution in [3.05, 3.63) is 58.6 Å². The van der Waals surface area contributed by atoms with E-state index in [1.807, 2.05) is 55.5 Å². The molecule has 0 N–H and O–H groups in total. The number of likely N-dealkylation sites (N-methyl/N-ethyl adjacent to an activating group) is 1. The molecule has 1 amide bonds. The minimum atomic E-state index is -0.411. The van der Waals surface area contributed by atoms with Crippen LogP contribution in [0, 0.1) is 0 Å². The summed E-state index contributed by atoms with van der Waals surface area (Å²) < 4.78 is 11.5. The Morgan fingerprint density at radius 2 is 1.74 bits per heavy atom. The third kappa shape index (κ3) is 7.64. The smallest absolute Gasteiger partial charge is 0.316 e. The molecule has 27 heavy (non-hydrogen) atoms. The molecule has 0 saturated heterocycles. The summed E-state index contributed by atoms with van der Waals surface area (Å²) in [7, 11) is 1.68. The van der Waals surface area contributed by atoms with Gasteiger partial charge in [0, 0.05) is 23.0 Å². The van der Waals surface area contributed by atoms with E-state index in [0.29, 0.717) is 13.2 Å². The van der Waals surface area contributed by atoms with Gasteiger partial charge >= 0.3 is 5.97 Å². The zero-order valence-electron chi connectivity index (χ0n) is 15.3. The molecular formula is C20H22BrNO4S. The Hall–Kier alpha value is -1.99. The number of amides is 1. The fraction of sp³-hybridized carbons (Fsp3) is 0.300. The molecule has 0 aliphatic heterocycles. The highest BCUT2D eigenvalue weighted by Crippen LogP contribution is 2.20. The van der Waals surface area contributed by atoms with Crippen LogP contribution in [0.4, 0.5) is 0 Å². The van der Waals surface area contributed by atoms with E-state index in [0.717, 1.165) is 20.7 Å². The number of ether oxygens (including phenoxy) is 2. The highest BCUT2D eigenvalue weighted by Gasteiger charge is 2.13. The molecule has 2 aromatic carbocycles. The lowest BCUT2D eigenvalue weighted by atomic mass is 10.2. The minimum absolute atomic E-state index is 0.164. The number of hydrogen-bond acceptors (Lipinski definition) is 5. The van der Waals surface area contributed by atoms with E-state index in [-0.39, 0.29) is 18.3 Å². The van der Waals surface area contributed by atoms with Gasteiger partial charge in [-0.2, -0.15) is 0 Å². The maximum atomic E-state index is 12.1. The first-order valence-electron chi connectivity index (χ1n) is 8.47. The molecule has 0 heterocycles. The Kier molecular flexibility index (Phi) is 8.67. The number of rotatable bonds is 9. The molecule has 144 valence electrons. The number of hydrogen-bond donors (Lipinski definition) is 0. The van der Waals surface area contributed by atoms with Crippen LogP contribution in [0.5, 0.6) is 5.75 Å². The minimum Gasteiger partial charge on any atom is -0.494 e. The summed E-state index contributed by atoms with van der Waals surface area (Å²) >= 11 is 4.74. The van der Waals surface area contributed by atoms with Gasteiger partial charge in [-0.1, -0.05) is 28.1 Å². The number of nitrogens with zero attached hydrogens (tertiary/aromatic N) is 1. The van der Waals surface area contributed by atoms with E-state index in [9.17, 15) is 9.59 Å². The van der Waals surface area contributed by atoms with Crippen molar-refractivity contribution in [3.8, 4) is 5.75 Å². The van der Waals surface area contributed by atoms with Gasteiger partial charge in [0.15, 0.2) is 6.61 Å². The fourth-order valence-corrected chi connectivity index (χ4v) is 3.15. The number of esters is 1. The van der Waals surface area contributed by atoms with Gasteiger partial charge in [0.2, 0.25) is 0 Å². The highest BCUT2D eigenvalue weighted by molar-refractivity contribution is 9.10. The molecule has 2 aromatic rings. The van der Waals surface area contributed by atoms with Gasteiger partial charge < -0.3 is 14.4 Å². The van der Waals surface area contributed by atoms with Gasteiger partial charge in [0.1, 0.15) is 5.75 Å². The number of benzene rings is 2. The van der Waals surface area contributed by atoms with Crippen molar-refractivity contribution in [1.29, 1.82) is 0 Å². The Morgan fingerprint density at radius 1 is 1.07 bits per heavy atom. The lowest BCUT2D eigenvalue weighted by molar-refractivity contribution is -0.149. The topological polar surface area (TPSA) is 55.8 Å². The summed E-state index contributed by atoms with van der Waals surface area (Å²) in [5, 5.41) is 0. The molecule has 7 heteroatoms. The lowest BCUT2D eigenvalue weighted by Gasteiger charge is -2.17. The maximum absolute atomic E-state index is 12.1. The molecular weight excluding hydrogens is 430 g/mol. The van der Waals surface area contributed by atoms with Crippen LogP contribution in [0.2, 0.25) is 0 Å². The molecule has 0 atom stereocenters. The number of carbonyl (C=O) groups is 2. The molecule has 0 saturated carbocycles. The van der Waals surface area contributed by atoms with Crippen LogP contribution in [0.1, 0.15) is 12.5 Å². The Labute approximate surface area is 172 Å². The van der Waals surface area contributed by atoms with Crippen LogP contribution >= 0.6 is 27.7 Å². The molecule has 0 radical (unpaired) electrons. The van der Waals surface area contributed by atoms with Crippen LogP contribution in [0.15, 0.2) is 57.9 Å². The van der Waals surface area contributed by atoms with Crippen LogP contribution < -0.4 is 4.74 Å². The van der Waals surface area contributed by atoms with Crippen LogP contribution in [-0.4, -0.2) is 42.8 Å². The summed E-state index contributed by atoms with van der Waals surface area (Å²) in [5.41, 5.74) is 0.978. The monoisotopic (exact) mass is 451 g/mol. The molecule has 0 aliphatic carbocycles. The van der Waals surface area contributed by atoms with Gasteiger partial charge in [-0.15, -0.1) is 11.8 Å². The average molecular weight is 452 g/mol. The van der Waals surface area contributed by atoms with Crippen LogP contribution in [0.3, 0.4) is 0 Å². The first-order chi connectivity index (χ1) is 13.0. The Morgan fingerprint density at radius 3 is 2.37 bits per heavy atom. The predicted octanol–water partition coefficient (Wildman–Crippen LogP) is 4.14. The van der Waals surface area contributed by atoms with Gasteiger partial charge in [-0.25, -0.2) is 0 Å². The van der Waals surface area contributed by atoms with E-state index in [2.05, 4.69) is 15.9 Å². The van der Waals surface area contributed by atoms with Gasteiger partial charge in [-0.3, -0.25) is 9.59 Å². The predicted molar refractivity (Wildman–Crippen MR) is 110 cm³/mol. The standard InChI is InChI=1S/C20H22BrNO4S/c1-3-25-17-8-4-15(5-9-17)12-22(2)19(23)13-26-20(24)14-27-18-10-6-16(21)7-11-18/h4-11H,3,12-14H2,1-2H3. The number of halogens is 1. The van der Waals surface area contributed by atoms with Crippen molar-refractivity contribution in [2.45, 2.75) is 18.4 Å². The molecule has 0 spiro atoms. The SMILES string of the molecule is CCOc1ccc(CN(C)C(=O)COC(=O)CSc2ccc(Br)cc2)cc1. The molecule has 0 bridgehead atoms. The molecule has 0 unspecified atom stereocenters. The molecule has 0 fully saturated rings. The molecule has 5 nitrogen and oxygen atoms in total. The molecule has 0 aliphatic rings. The zero-order valence-corrected chi connectivity index (χ0v) is 17.7. The summed E-state index contributed by atoms with van der Waals surface area (Å²) in [6.45, 7) is 2.73. The first kappa shape index (κ1) is 21.3. The quantitative estimate of drug-likeness (QED) is 0.423. The van der Waals surface area contributed by atoms with Crippen molar-refractivity contribution in [1.82, 2.24) is 4.90 Å². The van der Waals surface area contributed by atoms with E-state index in [1.165, 1.54) is 16.7 Å². The fourth-order valence-electron chi connectivity index (χ4n) is 2.19. The lowest BCUT2D eigenvalue weighted by Crippen LogP contribution is -2.31. The zero-order chi connectivity index (χ0) is 19.6. The van der Waals surface area contributed by atoms with Crippen LogP contribution in [0.25, 0.3) is 0 Å². The van der Waals surface area contributed by atoms with Crippen molar-refractivity contribution in [2.24, 2.45) is 0 Å². The van der Waals surface area contributed by atoms with Crippen molar-refractivity contribution in [3.63, 3.8) is 0 Å². The summed E-state index contributed by atoms with van der Waals surface area (Å²) in [6.07, 6.45) is 0. The Balaban J connectivity index is 1.71. The Bertz CT molecular complexity index is 750.